The number of aromatic nitrogens is 1. The van der Waals surface area contributed by atoms with E-state index >= 15 is 0 Å². The van der Waals surface area contributed by atoms with Crippen LogP contribution in [0.4, 0.5) is 9.18 Å². The average molecular weight is 713 g/mol. The molecule has 1 atom stereocenters. The molecule has 1 aromatic carbocycles. The molecule has 1 N–H and O–H groups in total. The highest BCUT2D eigenvalue weighted by Crippen LogP contribution is 2.45. The van der Waals surface area contributed by atoms with E-state index < -0.39 is 57.3 Å². The molecule has 0 saturated heterocycles. The lowest BCUT2D eigenvalue weighted by atomic mass is 9.80. The number of hydrogen-bond donors (Lipinski definition) is 1. The number of amides is 1. The van der Waals surface area contributed by atoms with Gasteiger partial charge in [0.15, 0.2) is 10.8 Å². The third kappa shape index (κ3) is 9.15. The van der Waals surface area contributed by atoms with Crippen LogP contribution in [-0.4, -0.2) is 73.3 Å². The maximum Gasteiger partial charge on any atom is 0.416 e. The third-order valence-electron chi connectivity index (χ3n) is 7.48. The van der Waals surface area contributed by atoms with E-state index in [1.807, 2.05) is 0 Å². The van der Waals surface area contributed by atoms with E-state index in [0.29, 0.717) is 36.4 Å². The van der Waals surface area contributed by atoms with Crippen molar-refractivity contribution in [1.82, 2.24) is 14.6 Å². The van der Waals surface area contributed by atoms with Crippen LogP contribution in [0.1, 0.15) is 76.4 Å². The second kappa shape index (κ2) is 15.2. The summed E-state index contributed by atoms with van der Waals surface area (Å²) in [7, 11) is -2.56. The van der Waals surface area contributed by atoms with Crippen molar-refractivity contribution in [1.29, 1.82) is 0 Å². The van der Waals surface area contributed by atoms with Crippen molar-refractivity contribution in [3.63, 3.8) is 0 Å². The molecule has 0 spiro atoms. The van der Waals surface area contributed by atoms with Gasteiger partial charge in [-0.1, -0.05) is 17.7 Å². The SMILES string of the molecule is CCOC(=O)CCS(=O)(=O)NC1CCC(C2=C(C(=O)OC)C(c3ccc(F)cc3Cl)N(C(=O)OC(C)(C)C)C(c3nccs3)=N2)CC1. The maximum absolute atomic E-state index is 14.3. The average Bonchev–Trinajstić information content (AvgIpc) is 3.53. The fourth-order valence-electron chi connectivity index (χ4n) is 5.51. The van der Waals surface area contributed by atoms with Crippen molar-refractivity contribution >= 4 is 56.8 Å². The van der Waals surface area contributed by atoms with Crippen molar-refractivity contribution < 1.29 is 41.4 Å². The predicted molar refractivity (Wildman–Crippen MR) is 174 cm³/mol. The molecule has 0 radical (unpaired) electrons. The van der Waals surface area contributed by atoms with Crippen molar-refractivity contribution in [3.05, 3.63) is 62.5 Å². The number of methoxy groups -OCH3 is 1. The number of carbonyl (C=O) groups excluding carboxylic acids is 3. The van der Waals surface area contributed by atoms with Crippen LogP contribution >= 0.6 is 22.9 Å². The molecule has 2 heterocycles. The number of sulfonamides is 1. The van der Waals surface area contributed by atoms with E-state index in [1.54, 1.807) is 39.3 Å². The molecule has 47 heavy (non-hydrogen) atoms. The van der Waals surface area contributed by atoms with Crippen LogP contribution < -0.4 is 4.72 Å². The summed E-state index contributed by atoms with van der Waals surface area (Å²) in [5.74, 6) is -2.62. The number of benzene rings is 1. The summed E-state index contributed by atoms with van der Waals surface area (Å²) in [6, 6.07) is 2.03. The third-order valence-corrected chi connectivity index (χ3v) is 10.0. The minimum Gasteiger partial charge on any atom is -0.466 e. The Labute approximate surface area is 282 Å². The van der Waals surface area contributed by atoms with Gasteiger partial charge in [0.25, 0.3) is 0 Å². The van der Waals surface area contributed by atoms with Gasteiger partial charge in [0, 0.05) is 28.6 Å². The van der Waals surface area contributed by atoms with Gasteiger partial charge in [-0.05, 0) is 71.1 Å². The number of carbonyl (C=O) groups is 3. The molecule has 4 rings (SSSR count). The zero-order chi connectivity index (χ0) is 34.5. The second-order valence-electron chi connectivity index (χ2n) is 12.0. The normalized spacial score (nSPS) is 20.4. The Hall–Kier alpha value is -3.40. The molecule has 1 aromatic heterocycles. The van der Waals surface area contributed by atoms with Crippen LogP contribution in [-0.2, 0) is 33.8 Å². The highest BCUT2D eigenvalue weighted by Gasteiger charge is 2.46. The van der Waals surface area contributed by atoms with E-state index in [0.717, 1.165) is 6.07 Å². The molecule has 16 heteroatoms. The molecule has 256 valence electrons. The van der Waals surface area contributed by atoms with E-state index in [9.17, 15) is 27.2 Å². The van der Waals surface area contributed by atoms with Crippen molar-refractivity contribution in [2.45, 2.75) is 77.5 Å². The minimum absolute atomic E-state index is 0.0191. The number of ether oxygens (including phenoxy) is 3. The van der Waals surface area contributed by atoms with Gasteiger partial charge >= 0.3 is 18.0 Å². The van der Waals surface area contributed by atoms with Crippen molar-refractivity contribution in [3.8, 4) is 0 Å². The lowest BCUT2D eigenvalue weighted by Crippen LogP contribution is -2.48. The number of rotatable bonds is 10. The first-order valence-electron chi connectivity index (χ1n) is 15.1. The zero-order valence-corrected chi connectivity index (χ0v) is 29.1. The van der Waals surface area contributed by atoms with Crippen LogP contribution in [0.25, 0.3) is 0 Å². The van der Waals surface area contributed by atoms with Gasteiger partial charge in [0.1, 0.15) is 17.5 Å². The Bertz CT molecular complexity index is 1650. The van der Waals surface area contributed by atoms with E-state index in [1.165, 1.54) is 35.5 Å². The largest absolute Gasteiger partial charge is 0.466 e. The molecule has 1 unspecified atom stereocenters. The molecule has 1 aliphatic heterocycles. The minimum atomic E-state index is -3.76. The van der Waals surface area contributed by atoms with Gasteiger partial charge in [-0.25, -0.2) is 42.0 Å². The summed E-state index contributed by atoms with van der Waals surface area (Å²) in [5.41, 5.74) is -0.343. The zero-order valence-electron chi connectivity index (χ0n) is 26.7. The Morgan fingerprint density at radius 2 is 1.87 bits per heavy atom. The van der Waals surface area contributed by atoms with Gasteiger partial charge < -0.3 is 14.2 Å². The Morgan fingerprint density at radius 1 is 1.17 bits per heavy atom. The molecule has 12 nitrogen and oxygen atoms in total. The first-order valence-corrected chi connectivity index (χ1v) is 18.0. The monoisotopic (exact) mass is 712 g/mol. The van der Waals surface area contributed by atoms with Crippen molar-refractivity contribution in [2.24, 2.45) is 10.9 Å². The van der Waals surface area contributed by atoms with Gasteiger partial charge in [-0.3, -0.25) is 4.79 Å². The van der Waals surface area contributed by atoms with E-state index in [4.69, 9.17) is 30.8 Å². The fourth-order valence-corrected chi connectivity index (χ4v) is 7.70. The molecule has 2 aliphatic rings. The van der Waals surface area contributed by atoms with E-state index in [-0.39, 0.29) is 40.9 Å². The highest BCUT2D eigenvalue weighted by molar-refractivity contribution is 7.89. The molecule has 1 aliphatic carbocycles. The molecular weight excluding hydrogens is 675 g/mol. The summed E-state index contributed by atoms with van der Waals surface area (Å²) in [4.78, 5) is 49.8. The smallest absolute Gasteiger partial charge is 0.416 e. The lowest BCUT2D eigenvalue weighted by Gasteiger charge is -2.40. The number of halogens is 2. The summed E-state index contributed by atoms with van der Waals surface area (Å²) < 4.78 is 58.2. The standard InChI is InChI=1S/C31H38ClFN4O8S2/c1-6-44-23(38)13-16-47(41,42)36-20-10-7-18(8-11-20)25-24(29(39)43-5)26(21-12-9-19(33)17-22(21)32)37(30(40)45-31(2,3)4)27(35-25)28-34-14-15-46-28/h9,12,14-15,17-18,20,26,36H,6-8,10-11,13,16H2,1-5H3. The second-order valence-corrected chi connectivity index (χ2v) is 15.2. The Morgan fingerprint density at radius 3 is 2.45 bits per heavy atom. The quantitative estimate of drug-likeness (QED) is 0.247. The molecule has 1 saturated carbocycles. The fraction of sp³-hybridized carbons (Fsp3) is 0.516. The number of esters is 2. The molecule has 0 bridgehead atoms. The number of nitrogens with zero attached hydrogens (tertiary/aromatic N) is 3. The van der Waals surface area contributed by atoms with Crippen LogP contribution in [0.5, 0.6) is 0 Å². The lowest BCUT2D eigenvalue weighted by molar-refractivity contribution is -0.142. The number of allylic oxidation sites excluding steroid dienone is 1. The summed E-state index contributed by atoms with van der Waals surface area (Å²) >= 11 is 7.81. The first kappa shape index (κ1) is 36.4. The molecular formula is C31H38ClFN4O8S2. The van der Waals surface area contributed by atoms with Gasteiger partial charge in [0.2, 0.25) is 10.0 Å². The van der Waals surface area contributed by atoms with Crippen LogP contribution in [0.15, 0.2) is 46.0 Å². The maximum atomic E-state index is 14.3. The molecule has 1 amide bonds. The van der Waals surface area contributed by atoms with Crippen LogP contribution in [0.2, 0.25) is 5.02 Å². The molecule has 1 fully saturated rings. The number of aliphatic imine (C=N–C) groups is 1. The number of nitrogens with one attached hydrogen (secondary N) is 1. The van der Waals surface area contributed by atoms with Crippen molar-refractivity contribution in [2.75, 3.05) is 19.5 Å². The van der Waals surface area contributed by atoms with Gasteiger partial charge in [-0.15, -0.1) is 11.3 Å². The summed E-state index contributed by atoms with van der Waals surface area (Å²) in [5, 5.41) is 2.04. The van der Waals surface area contributed by atoms with Crippen LogP contribution in [0.3, 0.4) is 0 Å². The summed E-state index contributed by atoms with van der Waals surface area (Å²) in [6.07, 6.45) is 2.11. The van der Waals surface area contributed by atoms with E-state index in [2.05, 4.69) is 9.71 Å². The predicted octanol–water partition coefficient (Wildman–Crippen LogP) is 5.53. The number of thiazole rings is 1. The van der Waals surface area contributed by atoms with Gasteiger partial charge in [0.05, 0.1) is 37.2 Å². The topological polar surface area (TPSA) is 154 Å². The van der Waals surface area contributed by atoms with Crippen LogP contribution in [0, 0.1) is 11.7 Å². The number of hydrogen-bond acceptors (Lipinski definition) is 11. The highest BCUT2D eigenvalue weighted by atomic mass is 35.5. The molecule has 2 aromatic rings. The number of amidine groups is 1. The van der Waals surface area contributed by atoms with Gasteiger partial charge in [-0.2, -0.15) is 0 Å². The Kier molecular flexibility index (Phi) is 11.8. The Balaban J connectivity index is 1.76. The first-order chi connectivity index (χ1) is 22.1. The summed E-state index contributed by atoms with van der Waals surface area (Å²) in [6.45, 7) is 6.89.